The number of benzene rings is 1. The summed E-state index contributed by atoms with van der Waals surface area (Å²) in [6, 6.07) is 3.76. The summed E-state index contributed by atoms with van der Waals surface area (Å²) in [5.74, 6) is -0.697. The molecule has 0 saturated carbocycles. The second kappa shape index (κ2) is 3.53. The first-order chi connectivity index (χ1) is 6.77. The number of nitrogens with zero attached hydrogens (tertiary/aromatic N) is 2. The van der Waals surface area contributed by atoms with Crippen molar-refractivity contribution in [2.45, 2.75) is 6.42 Å². The van der Waals surface area contributed by atoms with Crippen LogP contribution in [0.25, 0.3) is 0 Å². The Morgan fingerprint density at radius 2 is 1.93 bits per heavy atom. The lowest BCUT2D eigenvalue weighted by atomic mass is 10.1. The van der Waals surface area contributed by atoms with Crippen LogP contribution < -0.4 is 0 Å². The second-order valence-corrected chi connectivity index (χ2v) is 2.81. The Morgan fingerprint density at radius 1 is 1.21 bits per heavy atom. The molecule has 0 amide bonds. The number of halogens is 2. The normalized spacial score (nSPS) is 10.4. The van der Waals surface area contributed by atoms with Gasteiger partial charge in [-0.25, -0.2) is 8.78 Å². The largest absolute Gasteiger partial charge is 0.331 e. The Labute approximate surface area is 78.8 Å². The lowest BCUT2D eigenvalue weighted by Crippen LogP contribution is -1.98. The van der Waals surface area contributed by atoms with Crippen molar-refractivity contribution in [1.82, 2.24) is 15.2 Å². The van der Waals surface area contributed by atoms with Crippen LogP contribution in [0.15, 0.2) is 24.5 Å². The fourth-order valence-corrected chi connectivity index (χ4v) is 1.19. The molecule has 0 spiro atoms. The minimum absolute atomic E-state index is 0.00394. The van der Waals surface area contributed by atoms with Gasteiger partial charge >= 0.3 is 0 Å². The number of hydrogen-bond acceptors (Lipinski definition) is 2. The summed E-state index contributed by atoms with van der Waals surface area (Å²) >= 11 is 0. The van der Waals surface area contributed by atoms with Crippen molar-refractivity contribution in [2.24, 2.45) is 0 Å². The Morgan fingerprint density at radius 3 is 2.50 bits per heavy atom. The molecule has 1 aromatic heterocycles. The van der Waals surface area contributed by atoms with Crippen LogP contribution in [0.2, 0.25) is 0 Å². The molecule has 3 nitrogen and oxygen atoms in total. The van der Waals surface area contributed by atoms with E-state index in [0.717, 1.165) is 0 Å². The predicted octanol–water partition coefficient (Wildman–Crippen LogP) is 1.67. The van der Waals surface area contributed by atoms with E-state index in [0.29, 0.717) is 5.82 Å². The molecule has 0 unspecified atom stereocenters. The maximum atomic E-state index is 13.1. The van der Waals surface area contributed by atoms with Gasteiger partial charge in [0.1, 0.15) is 23.8 Å². The van der Waals surface area contributed by atoms with Gasteiger partial charge in [0.15, 0.2) is 0 Å². The van der Waals surface area contributed by atoms with Crippen molar-refractivity contribution in [1.29, 1.82) is 0 Å². The number of aromatic amines is 1. The summed E-state index contributed by atoms with van der Waals surface area (Å²) in [5.41, 5.74) is 0.00394. The molecule has 1 heterocycles. The quantitative estimate of drug-likeness (QED) is 0.791. The maximum absolute atomic E-state index is 13.1. The highest BCUT2D eigenvalue weighted by Gasteiger charge is 2.10. The SMILES string of the molecule is Fc1cccc(F)c1Cc1nnc[nH]1. The van der Waals surface area contributed by atoms with E-state index in [-0.39, 0.29) is 12.0 Å². The number of rotatable bonds is 2. The first-order valence-electron chi connectivity index (χ1n) is 4.05. The number of hydrogen-bond donors (Lipinski definition) is 1. The molecule has 5 heteroatoms. The van der Waals surface area contributed by atoms with Crippen LogP contribution >= 0.6 is 0 Å². The molecule has 0 aliphatic rings. The smallest absolute Gasteiger partial charge is 0.134 e. The molecule has 0 fully saturated rings. The lowest BCUT2D eigenvalue weighted by Gasteiger charge is -2.01. The number of nitrogens with one attached hydrogen (secondary N) is 1. The minimum Gasteiger partial charge on any atom is -0.331 e. The van der Waals surface area contributed by atoms with Gasteiger partial charge in [0, 0.05) is 12.0 Å². The Kier molecular flexibility index (Phi) is 2.22. The van der Waals surface area contributed by atoms with Crippen LogP contribution in [0.4, 0.5) is 8.78 Å². The first-order valence-corrected chi connectivity index (χ1v) is 4.05. The van der Waals surface area contributed by atoms with Gasteiger partial charge in [0.2, 0.25) is 0 Å². The van der Waals surface area contributed by atoms with Crippen molar-refractivity contribution in [3.8, 4) is 0 Å². The highest BCUT2D eigenvalue weighted by Crippen LogP contribution is 2.14. The van der Waals surface area contributed by atoms with Crippen molar-refractivity contribution in [3.05, 3.63) is 47.5 Å². The van der Waals surface area contributed by atoms with Crippen LogP contribution in [0.5, 0.6) is 0 Å². The number of aromatic nitrogens is 3. The zero-order valence-electron chi connectivity index (χ0n) is 7.17. The van der Waals surface area contributed by atoms with Crippen LogP contribution in [-0.4, -0.2) is 15.2 Å². The third-order valence-electron chi connectivity index (χ3n) is 1.87. The second-order valence-electron chi connectivity index (χ2n) is 2.81. The van der Waals surface area contributed by atoms with Gasteiger partial charge in [-0.15, -0.1) is 10.2 Å². The first kappa shape index (κ1) is 8.80. The monoisotopic (exact) mass is 195 g/mol. The van der Waals surface area contributed by atoms with E-state index in [1.165, 1.54) is 24.5 Å². The summed E-state index contributed by atoms with van der Waals surface area (Å²) in [6.07, 6.45) is 1.45. The van der Waals surface area contributed by atoms with E-state index in [2.05, 4.69) is 15.2 Å². The molecule has 0 bridgehead atoms. The van der Waals surface area contributed by atoms with E-state index in [4.69, 9.17) is 0 Å². The summed E-state index contributed by atoms with van der Waals surface area (Å²) in [4.78, 5) is 2.68. The van der Waals surface area contributed by atoms with E-state index < -0.39 is 11.6 Å². The van der Waals surface area contributed by atoms with Gasteiger partial charge in [0.05, 0.1) is 0 Å². The van der Waals surface area contributed by atoms with Crippen molar-refractivity contribution in [2.75, 3.05) is 0 Å². The molecule has 0 aliphatic carbocycles. The fraction of sp³-hybridized carbons (Fsp3) is 0.111. The molecule has 72 valence electrons. The average molecular weight is 195 g/mol. The number of H-pyrrole nitrogens is 1. The molecule has 0 atom stereocenters. The van der Waals surface area contributed by atoms with Gasteiger partial charge in [-0.2, -0.15) is 0 Å². The van der Waals surface area contributed by atoms with Gasteiger partial charge in [-0.3, -0.25) is 0 Å². The van der Waals surface area contributed by atoms with Crippen molar-refractivity contribution in [3.63, 3.8) is 0 Å². The van der Waals surface area contributed by atoms with Gasteiger partial charge in [-0.05, 0) is 12.1 Å². The third-order valence-corrected chi connectivity index (χ3v) is 1.87. The van der Waals surface area contributed by atoms with E-state index >= 15 is 0 Å². The standard InChI is InChI=1S/C9H7F2N3/c10-7-2-1-3-8(11)6(7)4-9-12-5-13-14-9/h1-3,5H,4H2,(H,12,13,14). The summed E-state index contributed by atoms with van der Waals surface area (Å²) < 4.78 is 26.3. The molecule has 0 radical (unpaired) electrons. The Balaban J connectivity index is 2.33. The molecule has 2 aromatic rings. The molecule has 2 rings (SSSR count). The summed E-state index contributed by atoms with van der Waals surface area (Å²) in [5, 5.41) is 7.18. The van der Waals surface area contributed by atoms with Crippen LogP contribution in [-0.2, 0) is 6.42 Å². The molecular weight excluding hydrogens is 188 g/mol. The van der Waals surface area contributed by atoms with Crippen LogP contribution in [0, 0.1) is 11.6 Å². The topological polar surface area (TPSA) is 41.6 Å². The minimum atomic E-state index is -0.568. The van der Waals surface area contributed by atoms with E-state index in [1.54, 1.807) is 0 Å². The van der Waals surface area contributed by atoms with Crippen molar-refractivity contribution < 1.29 is 8.78 Å². The molecular formula is C9H7F2N3. The van der Waals surface area contributed by atoms with Gasteiger partial charge < -0.3 is 4.98 Å². The highest BCUT2D eigenvalue weighted by molar-refractivity contribution is 5.22. The molecule has 1 aromatic carbocycles. The van der Waals surface area contributed by atoms with Crippen LogP contribution in [0.1, 0.15) is 11.4 Å². The predicted molar refractivity (Wildman–Crippen MR) is 45.5 cm³/mol. The van der Waals surface area contributed by atoms with Gasteiger partial charge in [0.25, 0.3) is 0 Å². The lowest BCUT2D eigenvalue weighted by molar-refractivity contribution is 0.559. The van der Waals surface area contributed by atoms with Gasteiger partial charge in [-0.1, -0.05) is 6.07 Å². The molecule has 14 heavy (non-hydrogen) atoms. The molecule has 0 saturated heterocycles. The van der Waals surface area contributed by atoms with Crippen molar-refractivity contribution >= 4 is 0 Å². The summed E-state index contributed by atoms with van der Waals surface area (Å²) in [6.45, 7) is 0. The molecule has 1 N–H and O–H groups in total. The third kappa shape index (κ3) is 1.61. The Hall–Kier alpha value is -1.78. The molecule has 0 aliphatic heterocycles. The average Bonchev–Trinajstić information content (AvgIpc) is 2.64. The van der Waals surface area contributed by atoms with Crippen LogP contribution in [0.3, 0.4) is 0 Å². The van der Waals surface area contributed by atoms with E-state index in [1.807, 2.05) is 0 Å². The Bertz CT molecular complexity index is 405. The summed E-state index contributed by atoms with van der Waals surface area (Å²) in [7, 11) is 0. The zero-order chi connectivity index (χ0) is 9.97. The fourth-order valence-electron chi connectivity index (χ4n) is 1.19. The highest BCUT2D eigenvalue weighted by atomic mass is 19.1. The zero-order valence-corrected chi connectivity index (χ0v) is 7.17. The maximum Gasteiger partial charge on any atom is 0.134 e. The van der Waals surface area contributed by atoms with E-state index in [9.17, 15) is 8.78 Å².